The summed E-state index contributed by atoms with van der Waals surface area (Å²) < 4.78 is 2.50. The van der Waals surface area contributed by atoms with Crippen LogP contribution in [-0.4, -0.2) is 4.57 Å². The van der Waals surface area contributed by atoms with Gasteiger partial charge >= 0.3 is 0 Å². The normalized spacial score (nSPS) is 18.0. The number of benzene rings is 6. The predicted octanol–water partition coefficient (Wildman–Crippen LogP) is 12.5. The molecule has 3 aliphatic rings. The molecule has 0 saturated heterocycles. The van der Waals surface area contributed by atoms with E-state index in [1.807, 2.05) is 0 Å². The van der Waals surface area contributed by atoms with E-state index in [1.54, 1.807) is 0 Å². The van der Waals surface area contributed by atoms with Crippen LogP contribution in [0.25, 0.3) is 72.2 Å². The average Bonchev–Trinajstić information content (AvgIpc) is 3.52. The minimum atomic E-state index is 0.330. The first-order valence-electron chi connectivity index (χ1n) is 17.5. The number of para-hydroxylation sites is 1. The molecule has 0 radical (unpaired) electrons. The van der Waals surface area contributed by atoms with Crippen molar-refractivity contribution in [2.75, 3.05) is 0 Å². The number of hydrogen-bond donors (Lipinski definition) is 0. The van der Waals surface area contributed by atoms with Crippen LogP contribution in [0.15, 0.2) is 170 Å². The van der Waals surface area contributed by atoms with Crippen LogP contribution in [0.5, 0.6) is 0 Å². The van der Waals surface area contributed by atoms with E-state index in [-0.39, 0.29) is 0 Å². The zero-order valence-corrected chi connectivity index (χ0v) is 27.3. The molecule has 2 atom stereocenters. The zero-order valence-electron chi connectivity index (χ0n) is 27.3. The fourth-order valence-electron chi connectivity index (χ4n) is 8.45. The summed E-state index contributed by atoms with van der Waals surface area (Å²) in [6.45, 7) is 0. The van der Waals surface area contributed by atoms with Gasteiger partial charge < -0.3 is 4.57 Å². The van der Waals surface area contributed by atoms with Gasteiger partial charge in [0.2, 0.25) is 0 Å². The van der Waals surface area contributed by atoms with Gasteiger partial charge in [0.25, 0.3) is 0 Å². The first-order chi connectivity index (χ1) is 24.3. The van der Waals surface area contributed by atoms with Crippen molar-refractivity contribution in [2.24, 2.45) is 11.8 Å². The highest BCUT2D eigenvalue weighted by molar-refractivity contribution is 6.24. The Labute approximate surface area is 287 Å². The SMILES string of the molecule is C1=Cc2c(-c3cccc(-c4ccccc4)c3)cc3ccc4c(c5ccccc5n4C4=CC5C=CC(c6ccccc6)=CC5C=C4)c3c2CC1. The lowest BCUT2D eigenvalue weighted by Crippen LogP contribution is -2.14. The maximum Gasteiger partial charge on any atom is 0.0547 e. The van der Waals surface area contributed by atoms with Gasteiger partial charge in [-0.3, -0.25) is 0 Å². The topological polar surface area (TPSA) is 4.93 Å². The summed E-state index contributed by atoms with van der Waals surface area (Å²) in [6, 6.07) is 46.6. The molecule has 0 amide bonds. The Balaban J connectivity index is 1.14. The molecule has 0 aliphatic heterocycles. The molecule has 2 unspecified atom stereocenters. The van der Waals surface area contributed by atoms with Crippen molar-refractivity contribution in [3.8, 4) is 22.3 Å². The molecule has 0 N–H and O–H groups in total. The Bertz CT molecular complexity index is 2590. The molecule has 1 heterocycles. The Morgan fingerprint density at radius 2 is 1.27 bits per heavy atom. The molecule has 10 rings (SSSR count). The maximum atomic E-state index is 2.50. The molecule has 1 aromatic heterocycles. The molecule has 49 heavy (non-hydrogen) atoms. The number of hydrogen-bond acceptors (Lipinski definition) is 0. The summed E-state index contributed by atoms with van der Waals surface area (Å²) in [7, 11) is 0. The quantitative estimate of drug-likeness (QED) is 0.183. The van der Waals surface area contributed by atoms with Crippen molar-refractivity contribution >= 4 is 49.9 Å². The Hall–Kier alpha value is -5.92. The minimum Gasteiger partial charge on any atom is -0.310 e. The lowest BCUT2D eigenvalue weighted by atomic mass is 9.81. The largest absolute Gasteiger partial charge is 0.310 e. The van der Waals surface area contributed by atoms with Crippen LogP contribution in [0.4, 0.5) is 0 Å². The van der Waals surface area contributed by atoms with Gasteiger partial charge in [-0.2, -0.15) is 0 Å². The fraction of sp³-hybridized carbons (Fsp3) is 0.0833. The van der Waals surface area contributed by atoms with Crippen LogP contribution in [0.2, 0.25) is 0 Å². The molecule has 1 heteroatoms. The van der Waals surface area contributed by atoms with Crippen LogP contribution < -0.4 is 0 Å². The maximum absolute atomic E-state index is 2.50. The molecular weight excluding hydrogens is 591 g/mol. The van der Waals surface area contributed by atoms with Crippen LogP contribution in [0.3, 0.4) is 0 Å². The van der Waals surface area contributed by atoms with E-state index in [0.717, 1.165) is 12.8 Å². The average molecular weight is 626 g/mol. The molecule has 6 aromatic carbocycles. The van der Waals surface area contributed by atoms with Crippen molar-refractivity contribution in [2.45, 2.75) is 12.8 Å². The van der Waals surface area contributed by atoms with E-state index in [1.165, 1.54) is 82.8 Å². The summed E-state index contributed by atoms with van der Waals surface area (Å²) in [5.41, 5.74) is 14.3. The van der Waals surface area contributed by atoms with Crippen molar-refractivity contribution in [1.82, 2.24) is 4.57 Å². The summed E-state index contributed by atoms with van der Waals surface area (Å²) in [6.07, 6.45) is 21.2. The number of aryl methyl sites for hydroxylation is 1. The fourth-order valence-corrected chi connectivity index (χ4v) is 8.45. The second kappa shape index (κ2) is 11.4. The van der Waals surface area contributed by atoms with Crippen LogP contribution >= 0.6 is 0 Å². The molecule has 0 saturated carbocycles. The van der Waals surface area contributed by atoms with E-state index in [9.17, 15) is 0 Å². The van der Waals surface area contributed by atoms with E-state index < -0.39 is 0 Å². The monoisotopic (exact) mass is 625 g/mol. The van der Waals surface area contributed by atoms with Crippen molar-refractivity contribution in [3.63, 3.8) is 0 Å². The van der Waals surface area contributed by atoms with Crippen LogP contribution in [0, 0.1) is 11.8 Å². The minimum absolute atomic E-state index is 0.330. The molecule has 0 fully saturated rings. The van der Waals surface area contributed by atoms with Gasteiger partial charge in [-0.05, 0) is 98.5 Å². The van der Waals surface area contributed by atoms with E-state index >= 15 is 0 Å². The third kappa shape index (κ3) is 4.61. The number of aromatic nitrogens is 1. The van der Waals surface area contributed by atoms with E-state index in [2.05, 4.69) is 181 Å². The lowest BCUT2D eigenvalue weighted by Gasteiger charge is -2.26. The Morgan fingerprint density at radius 1 is 0.531 bits per heavy atom. The third-order valence-electron chi connectivity index (χ3n) is 10.7. The highest BCUT2D eigenvalue weighted by Gasteiger charge is 2.25. The zero-order chi connectivity index (χ0) is 32.3. The number of allylic oxidation sites excluding steroid dienone is 9. The lowest BCUT2D eigenvalue weighted by molar-refractivity contribution is 0.662. The van der Waals surface area contributed by atoms with Crippen molar-refractivity contribution in [1.29, 1.82) is 0 Å². The van der Waals surface area contributed by atoms with E-state index in [0.29, 0.717) is 11.8 Å². The summed E-state index contributed by atoms with van der Waals surface area (Å²) in [4.78, 5) is 0. The highest BCUT2D eigenvalue weighted by Crippen LogP contribution is 2.45. The molecule has 7 aromatic rings. The van der Waals surface area contributed by atoms with E-state index in [4.69, 9.17) is 0 Å². The van der Waals surface area contributed by atoms with Crippen LogP contribution in [0.1, 0.15) is 23.1 Å². The standard InChI is InChI=1S/C48H35N/c1-3-12-32(13-4-1)34-16-11-17-38(29-34)44-31-39-25-27-46-48(47(39)42-19-8-7-18-41(42)44)43-20-9-10-21-45(43)49(46)40-26-24-36-28-35(22-23-37(36)30-40)33-14-5-2-6-15-33/h1-7,9-18,20-31,36-37H,8,19H2. The smallest absolute Gasteiger partial charge is 0.0547 e. The number of rotatable bonds is 4. The summed E-state index contributed by atoms with van der Waals surface area (Å²) >= 11 is 0. The van der Waals surface area contributed by atoms with Crippen LogP contribution in [-0.2, 0) is 6.42 Å². The number of fused-ring (bicyclic) bond motifs is 8. The molecular formula is C48H35N. The second-order valence-electron chi connectivity index (χ2n) is 13.6. The molecule has 0 spiro atoms. The van der Waals surface area contributed by atoms with Gasteiger partial charge in [-0.25, -0.2) is 0 Å². The van der Waals surface area contributed by atoms with Crippen molar-refractivity contribution in [3.05, 3.63) is 187 Å². The molecule has 0 bridgehead atoms. The molecule has 3 aliphatic carbocycles. The van der Waals surface area contributed by atoms with Gasteiger partial charge in [0.1, 0.15) is 0 Å². The van der Waals surface area contributed by atoms with Gasteiger partial charge in [0.05, 0.1) is 11.0 Å². The first-order valence-corrected chi connectivity index (χ1v) is 17.5. The Morgan fingerprint density at radius 3 is 2.14 bits per heavy atom. The third-order valence-corrected chi connectivity index (χ3v) is 10.7. The van der Waals surface area contributed by atoms with Gasteiger partial charge in [-0.1, -0.05) is 146 Å². The van der Waals surface area contributed by atoms with Gasteiger partial charge in [0, 0.05) is 28.3 Å². The highest BCUT2D eigenvalue weighted by atomic mass is 15.0. The number of nitrogens with zero attached hydrogens (tertiary/aromatic N) is 1. The second-order valence-corrected chi connectivity index (χ2v) is 13.6. The predicted molar refractivity (Wildman–Crippen MR) is 209 cm³/mol. The molecule has 1 nitrogen and oxygen atoms in total. The molecule has 232 valence electrons. The summed E-state index contributed by atoms with van der Waals surface area (Å²) in [5, 5.41) is 5.40. The van der Waals surface area contributed by atoms with Crippen molar-refractivity contribution < 1.29 is 0 Å². The first kappa shape index (κ1) is 28.1. The van der Waals surface area contributed by atoms with Gasteiger partial charge in [-0.15, -0.1) is 0 Å². The van der Waals surface area contributed by atoms with Gasteiger partial charge in [0.15, 0.2) is 0 Å². The summed E-state index contributed by atoms with van der Waals surface area (Å²) in [5.74, 6) is 0.687. The Kier molecular flexibility index (Phi) is 6.52.